The van der Waals surface area contributed by atoms with Crippen LogP contribution in [0, 0.1) is 13.8 Å². The Bertz CT molecular complexity index is 502. The number of β-amino-alcohol motifs (C(OH)–C–C–N with tert-alkyl or cyclic N) is 1. The molecule has 0 amide bonds. The summed E-state index contributed by atoms with van der Waals surface area (Å²) in [6.07, 6.45) is 0.569. The predicted molar refractivity (Wildman–Crippen MR) is 105 cm³/mol. The Balaban J connectivity index is 0.00000264. The molecule has 1 saturated heterocycles. The van der Waals surface area contributed by atoms with Crippen LogP contribution in [-0.4, -0.2) is 54.9 Å². The third kappa shape index (κ3) is 6.55. The van der Waals surface area contributed by atoms with Gasteiger partial charge in [-0.15, -0.1) is 24.0 Å². The number of aliphatic hydroxyl groups excluding tert-OH is 1. The summed E-state index contributed by atoms with van der Waals surface area (Å²) in [5.41, 5.74) is 2.41. The van der Waals surface area contributed by atoms with Gasteiger partial charge >= 0.3 is 0 Å². The molecule has 5 nitrogen and oxygen atoms in total. The Morgan fingerprint density at radius 1 is 1.35 bits per heavy atom. The second-order valence-corrected chi connectivity index (χ2v) is 5.80. The number of aliphatic hydroxyl groups is 1. The van der Waals surface area contributed by atoms with E-state index in [-0.39, 0.29) is 30.1 Å². The minimum Gasteiger partial charge on any atom is -0.492 e. The van der Waals surface area contributed by atoms with Crippen molar-refractivity contribution < 1.29 is 9.84 Å². The van der Waals surface area contributed by atoms with Gasteiger partial charge in [-0.25, -0.2) is 4.99 Å². The fourth-order valence-corrected chi connectivity index (χ4v) is 2.69. The van der Waals surface area contributed by atoms with Crippen LogP contribution < -0.4 is 10.1 Å². The zero-order chi connectivity index (χ0) is 15.9. The van der Waals surface area contributed by atoms with E-state index < -0.39 is 0 Å². The molecule has 1 aromatic rings. The van der Waals surface area contributed by atoms with Crippen molar-refractivity contribution in [1.29, 1.82) is 0 Å². The molecule has 2 rings (SSSR count). The van der Waals surface area contributed by atoms with E-state index in [2.05, 4.69) is 35.1 Å². The molecule has 1 aliphatic heterocycles. The van der Waals surface area contributed by atoms with E-state index in [0.717, 1.165) is 31.2 Å². The molecule has 0 bridgehead atoms. The molecule has 0 spiro atoms. The second-order valence-electron chi connectivity index (χ2n) is 5.80. The molecule has 0 radical (unpaired) electrons. The Morgan fingerprint density at radius 2 is 2.04 bits per heavy atom. The molecule has 0 aromatic heterocycles. The van der Waals surface area contributed by atoms with Gasteiger partial charge in [0.25, 0.3) is 0 Å². The molecule has 0 aliphatic carbocycles. The summed E-state index contributed by atoms with van der Waals surface area (Å²) < 4.78 is 5.78. The SMILES string of the molecule is CCNC(=NCCOc1cc(C)cc(C)c1)N1CC[C@@H](O)C1.I. The highest BCUT2D eigenvalue weighted by molar-refractivity contribution is 14.0. The average Bonchev–Trinajstić information content (AvgIpc) is 2.88. The monoisotopic (exact) mass is 433 g/mol. The standard InChI is InChI=1S/C17H27N3O2.HI/c1-4-18-17(20-7-5-15(21)12-20)19-6-8-22-16-10-13(2)9-14(3)11-16;/h9-11,15,21H,4-8,12H2,1-3H3,(H,18,19);1H/t15-;/m1./s1. The van der Waals surface area contributed by atoms with Gasteiger partial charge in [0, 0.05) is 19.6 Å². The number of nitrogens with zero attached hydrogens (tertiary/aromatic N) is 2. The highest BCUT2D eigenvalue weighted by Crippen LogP contribution is 2.16. The number of hydrogen-bond donors (Lipinski definition) is 2. The lowest BCUT2D eigenvalue weighted by Gasteiger charge is -2.20. The lowest BCUT2D eigenvalue weighted by Crippen LogP contribution is -2.40. The molecule has 1 aromatic carbocycles. The number of rotatable bonds is 5. The summed E-state index contributed by atoms with van der Waals surface area (Å²) in [5, 5.41) is 12.9. The van der Waals surface area contributed by atoms with E-state index >= 15 is 0 Å². The Morgan fingerprint density at radius 3 is 2.61 bits per heavy atom. The summed E-state index contributed by atoms with van der Waals surface area (Å²) in [4.78, 5) is 6.69. The quantitative estimate of drug-likeness (QED) is 0.324. The smallest absolute Gasteiger partial charge is 0.194 e. The van der Waals surface area contributed by atoms with Crippen LogP contribution in [0.2, 0.25) is 0 Å². The van der Waals surface area contributed by atoms with E-state index in [0.29, 0.717) is 19.7 Å². The maximum absolute atomic E-state index is 9.64. The zero-order valence-corrected chi connectivity index (χ0v) is 16.5. The number of benzene rings is 1. The van der Waals surface area contributed by atoms with E-state index in [1.807, 2.05) is 19.1 Å². The summed E-state index contributed by atoms with van der Waals surface area (Å²) in [6, 6.07) is 6.21. The van der Waals surface area contributed by atoms with Crippen molar-refractivity contribution >= 4 is 29.9 Å². The third-order valence-corrected chi connectivity index (χ3v) is 3.61. The normalized spacial score (nSPS) is 17.8. The van der Waals surface area contributed by atoms with Gasteiger partial charge in [0.15, 0.2) is 5.96 Å². The molecule has 1 atom stereocenters. The van der Waals surface area contributed by atoms with Crippen LogP contribution in [0.3, 0.4) is 0 Å². The lowest BCUT2D eigenvalue weighted by atomic mass is 10.1. The van der Waals surface area contributed by atoms with Crippen LogP contribution in [0.15, 0.2) is 23.2 Å². The van der Waals surface area contributed by atoms with Crippen LogP contribution in [0.25, 0.3) is 0 Å². The largest absolute Gasteiger partial charge is 0.492 e. The molecule has 130 valence electrons. The van der Waals surface area contributed by atoms with Gasteiger partial charge < -0.3 is 20.1 Å². The number of aliphatic imine (C=N–C) groups is 1. The minimum absolute atomic E-state index is 0. The molecule has 0 saturated carbocycles. The fraction of sp³-hybridized carbons (Fsp3) is 0.588. The molecule has 23 heavy (non-hydrogen) atoms. The fourth-order valence-electron chi connectivity index (χ4n) is 2.69. The summed E-state index contributed by atoms with van der Waals surface area (Å²) in [6.45, 7) is 9.67. The van der Waals surface area contributed by atoms with Gasteiger partial charge in [0.2, 0.25) is 0 Å². The van der Waals surface area contributed by atoms with Crippen molar-refractivity contribution in [3.63, 3.8) is 0 Å². The van der Waals surface area contributed by atoms with Gasteiger partial charge in [0.05, 0.1) is 12.6 Å². The lowest BCUT2D eigenvalue weighted by molar-refractivity contribution is 0.187. The van der Waals surface area contributed by atoms with E-state index in [9.17, 15) is 5.11 Å². The van der Waals surface area contributed by atoms with Crippen molar-refractivity contribution in [2.24, 2.45) is 4.99 Å². The van der Waals surface area contributed by atoms with Crippen LogP contribution in [0.5, 0.6) is 5.75 Å². The van der Waals surface area contributed by atoms with Gasteiger partial charge in [-0.3, -0.25) is 0 Å². The van der Waals surface area contributed by atoms with Crippen molar-refractivity contribution in [2.45, 2.75) is 33.3 Å². The molecule has 6 heteroatoms. The minimum atomic E-state index is -0.240. The average molecular weight is 433 g/mol. The van der Waals surface area contributed by atoms with E-state index in [4.69, 9.17) is 4.74 Å². The van der Waals surface area contributed by atoms with Gasteiger partial charge in [-0.2, -0.15) is 0 Å². The summed E-state index contributed by atoms with van der Waals surface area (Å²) >= 11 is 0. The number of likely N-dealkylation sites (tertiary alicyclic amines) is 1. The Labute approximate surface area is 156 Å². The molecule has 1 fully saturated rings. The number of ether oxygens (including phenoxy) is 1. The van der Waals surface area contributed by atoms with Crippen LogP contribution in [-0.2, 0) is 0 Å². The molecular formula is C17H28IN3O2. The Hall–Kier alpha value is -1.02. The van der Waals surface area contributed by atoms with Crippen molar-refractivity contribution in [3.8, 4) is 5.75 Å². The van der Waals surface area contributed by atoms with Crippen molar-refractivity contribution in [1.82, 2.24) is 10.2 Å². The predicted octanol–water partition coefficient (Wildman–Crippen LogP) is 2.33. The highest BCUT2D eigenvalue weighted by atomic mass is 127. The first-order valence-corrected chi connectivity index (χ1v) is 8.01. The van der Waals surface area contributed by atoms with E-state index in [1.54, 1.807) is 0 Å². The number of guanidine groups is 1. The first kappa shape index (κ1) is 20.0. The van der Waals surface area contributed by atoms with Gasteiger partial charge in [-0.05, 0) is 50.5 Å². The summed E-state index contributed by atoms with van der Waals surface area (Å²) in [7, 11) is 0. The molecule has 1 heterocycles. The van der Waals surface area contributed by atoms with Crippen LogP contribution in [0.1, 0.15) is 24.5 Å². The number of nitrogens with one attached hydrogen (secondary N) is 1. The first-order valence-electron chi connectivity index (χ1n) is 8.01. The highest BCUT2D eigenvalue weighted by Gasteiger charge is 2.22. The molecular weight excluding hydrogens is 405 g/mol. The molecule has 0 unspecified atom stereocenters. The van der Waals surface area contributed by atoms with Crippen LogP contribution >= 0.6 is 24.0 Å². The van der Waals surface area contributed by atoms with Gasteiger partial charge in [-0.1, -0.05) is 6.07 Å². The van der Waals surface area contributed by atoms with Gasteiger partial charge in [0.1, 0.15) is 12.4 Å². The van der Waals surface area contributed by atoms with E-state index in [1.165, 1.54) is 11.1 Å². The van der Waals surface area contributed by atoms with Crippen LogP contribution in [0.4, 0.5) is 0 Å². The summed E-state index contributed by atoms with van der Waals surface area (Å²) in [5.74, 6) is 1.76. The molecule has 1 aliphatic rings. The molecule has 2 N–H and O–H groups in total. The third-order valence-electron chi connectivity index (χ3n) is 3.61. The maximum atomic E-state index is 9.64. The second kappa shape index (κ2) is 9.97. The number of halogens is 1. The topological polar surface area (TPSA) is 57.1 Å². The van der Waals surface area contributed by atoms with Crippen molar-refractivity contribution in [2.75, 3.05) is 32.8 Å². The number of aryl methyl sites for hydroxylation is 2. The number of hydrogen-bond acceptors (Lipinski definition) is 3. The Kier molecular flexibility index (Phi) is 8.68. The van der Waals surface area contributed by atoms with Crippen molar-refractivity contribution in [3.05, 3.63) is 29.3 Å². The maximum Gasteiger partial charge on any atom is 0.194 e. The first-order chi connectivity index (χ1) is 10.6. The zero-order valence-electron chi connectivity index (χ0n) is 14.2.